The maximum absolute atomic E-state index is 5.65. The molecule has 2 fully saturated rings. The van der Waals surface area contributed by atoms with Gasteiger partial charge in [-0.2, -0.15) is 5.10 Å². The molecule has 1 aromatic heterocycles. The molecule has 0 aliphatic carbocycles. The van der Waals surface area contributed by atoms with Crippen molar-refractivity contribution < 1.29 is 9.47 Å². The van der Waals surface area contributed by atoms with E-state index in [4.69, 9.17) is 14.5 Å². The molecular weight excluding hydrogens is 354 g/mol. The Hall–Kier alpha value is -2.54. The summed E-state index contributed by atoms with van der Waals surface area (Å²) >= 11 is 0. The second kappa shape index (κ2) is 8.22. The molecule has 1 atom stereocenters. The molecule has 1 spiro atoms. The van der Waals surface area contributed by atoms with Crippen LogP contribution >= 0.6 is 0 Å². The number of rotatable bonds is 5. The first-order valence-electron chi connectivity index (χ1n) is 10.0. The third-order valence-corrected chi connectivity index (χ3v) is 5.63. The van der Waals surface area contributed by atoms with Crippen LogP contribution in [-0.2, 0) is 11.3 Å². The zero-order valence-corrected chi connectivity index (χ0v) is 16.7. The molecular formula is C21H29N5O2. The van der Waals surface area contributed by atoms with E-state index in [-0.39, 0.29) is 0 Å². The van der Waals surface area contributed by atoms with Gasteiger partial charge in [-0.25, -0.2) is 9.67 Å². The Morgan fingerprint density at radius 3 is 2.86 bits per heavy atom. The third-order valence-electron chi connectivity index (χ3n) is 5.63. The lowest BCUT2D eigenvalue weighted by Gasteiger charge is -2.24. The van der Waals surface area contributed by atoms with Crippen LogP contribution in [0.4, 0.5) is 0 Å². The molecule has 7 nitrogen and oxygen atoms in total. The van der Waals surface area contributed by atoms with Gasteiger partial charge in [0.15, 0.2) is 5.96 Å². The fraction of sp³-hybridized carbons (Fsp3) is 0.524. The largest absolute Gasteiger partial charge is 0.497 e. The monoisotopic (exact) mass is 383 g/mol. The molecule has 3 heterocycles. The quantitative estimate of drug-likeness (QED) is 0.635. The van der Waals surface area contributed by atoms with Crippen LogP contribution < -0.4 is 10.1 Å². The van der Waals surface area contributed by atoms with Crippen molar-refractivity contribution in [3.8, 4) is 11.4 Å². The van der Waals surface area contributed by atoms with Gasteiger partial charge in [-0.15, -0.1) is 0 Å². The van der Waals surface area contributed by atoms with Gasteiger partial charge in [0.2, 0.25) is 0 Å². The van der Waals surface area contributed by atoms with Crippen LogP contribution in [0.25, 0.3) is 5.69 Å². The highest BCUT2D eigenvalue weighted by atomic mass is 16.5. The van der Waals surface area contributed by atoms with E-state index < -0.39 is 0 Å². The van der Waals surface area contributed by atoms with E-state index in [0.29, 0.717) is 12.0 Å². The third kappa shape index (κ3) is 3.99. The van der Waals surface area contributed by atoms with Gasteiger partial charge in [0.1, 0.15) is 5.75 Å². The maximum Gasteiger partial charge on any atom is 0.194 e. The Bertz CT molecular complexity index is 808. The Kier molecular flexibility index (Phi) is 5.52. The van der Waals surface area contributed by atoms with Crippen molar-refractivity contribution in [2.75, 3.05) is 40.0 Å². The highest BCUT2D eigenvalue weighted by Crippen LogP contribution is 2.38. The summed E-state index contributed by atoms with van der Waals surface area (Å²) in [6, 6.07) is 9.89. The normalized spacial score (nSPS) is 22.2. The SMILES string of the molecule is CCNC(=NCc1ccn(-c2ccc(OC)cc2)n1)N1CCC2(CCOC2)C1. The van der Waals surface area contributed by atoms with Gasteiger partial charge in [-0.3, -0.25) is 0 Å². The van der Waals surface area contributed by atoms with E-state index in [0.717, 1.165) is 62.4 Å². The van der Waals surface area contributed by atoms with Crippen LogP contribution in [0.1, 0.15) is 25.5 Å². The molecule has 0 saturated carbocycles. The molecule has 0 radical (unpaired) electrons. The van der Waals surface area contributed by atoms with Crippen LogP contribution in [0.5, 0.6) is 5.75 Å². The smallest absolute Gasteiger partial charge is 0.194 e. The molecule has 1 N–H and O–H groups in total. The molecule has 4 rings (SSSR count). The second-order valence-electron chi connectivity index (χ2n) is 7.59. The number of nitrogens with zero attached hydrogens (tertiary/aromatic N) is 4. The van der Waals surface area contributed by atoms with Crippen LogP contribution in [0.15, 0.2) is 41.5 Å². The molecule has 28 heavy (non-hydrogen) atoms. The number of aliphatic imine (C=N–C) groups is 1. The minimum absolute atomic E-state index is 0.326. The summed E-state index contributed by atoms with van der Waals surface area (Å²) in [5, 5.41) is 8.11. The van der Waals surface area contributed by atoms with Gasteiger partial charge >= 0.3 is 0 Å². The number of methoxy groups -OCH3 is 1. The van der Waals surface area contributed by atoms with Crippen molar-refractivity contribution >= 4 is 5.96 Å². The van der Waals surface area contributed by atoms with Gasteiger partial charge in [-0.1, -0.05) is 0 Å². The summed E-state index contributed by atoms with van der Waals surface area (Å²) < 4.78 is 12.7. The van der Waals surface area contributed by atoms with E-state index in [2.05, 4.69) is 22.2 Å². The van der Waals surface area contributed by atoms with Crippen LogP contribution in [0, 0.1) is 5.41 Å². The van der Waals surface area contributed by atoms with Gasteiger partial charge < -0.3 is 19.7 Å². The predicted molar refractivity (Wildman–Crippen MR) is 109 cm³/mol. The van der Waals surface area contributed by atoms with Gasteiger partial charge in [0, 0.05) is 37.9 Å². The highest BCUT2D eigenvalue weighted by molar-refractivity contribution is 5.80. The number of guanidine groups is 1. The van der Waals surface area contributed by atoms with E-state index in [9.17, 15) is 0 Å². The molecule has 7 heteroatoms. The molecule has 0 bridgehead atoms. The van der Waals surface area contributed by atoms with E-state index >= 15 is 0 Å². The van der Waals surface area contributed by atoms with Crippen molar-refractivity contribution in [1.82, 2.24) is 20.0 Å². The van der Waals surface area contributed by atoms with Crippen LogP contribution in [0.3, 0.4) is 0 Å². The zero-order chi connectivity index (χ0) is 19.4. The minimum Gasteiger partial charge on any atom is -0.497 e. The maximum atomic E-state index is 5.65. The van der Waals surface area contributed by atoms with Crippen molar-refractivity contribution in [1.29, 1.82) is 0 Å². The molecule has 2 aliphatic heterocycles. The molecule has 1 aromatic carbocycles. The summed E-state index contributed by atoms with van der Waals surface area (Å²) in [5.74, 6) is 1.82. The molecule has 0 amide bonds. The van der Waals surface area contributed by atoms with Crippen molar-refractivity contribution in [2.24, 2.45) is 10.4 Å². The number of hydrogen-bond acceptors (Lipinski definition) is 4. The summed E-state index contributed by atoms with van der Waals surface area (Å²) in [6.07, 6.45) is 4.32. The van der Waals surface area contributed by atoms with E-state index in [1.807, 2.05) is 41.2 Å². The highest BCUT2D eigenvalue weighted by Gasteiger charge is 2.42. The lowest BCUT2D eigenvalue weighted by Crippen LogP contribution is -2.41. The Morgan fingerprint density at radius 1 is 1.29 bits per heavy atom. The molecule has 2 saturated heterocycles. The van der Waals surface area contributed by atoms with Crippen molar-refractivity contribution in [3.05, 3.63) is 42.2 Å². The Labute approximate surface area is 166 Å². The second-order valence-corrected chi connectivity index (χ2v) is 7.59. The van der Waals surface area contributed by atoms with E-state index in [1.165, 1.54) is 6.42 Å². The lowest BCUT2D eigenvalue weighted by atomic mass is 9.87. The zero-order valence-electron chi connectivity index (χ0n) is 16.7. The van der Waals surface area contributed by atoms with Crippen LogP contribution in [-0.4, -0.2) is 60.6 Å². The van der Waals surface area contributed by atoms with Gasteiger partial charge in [0.25, 0.3) is 0 Å². The summed E-state index contributed by atoms with van der Waals surface area (Å²) in [7, 11) is 1.67. The number of benzene rings is 1. The number of nitrogens with one attached hydrogen (secondary N) is 1. The average molecular weight is 383 g/mol. The molecule has 2 aromatic rings. The molecule has 1 unspecified atom stereocenters. The first kappa shape index (κ1) is 18.8. The molecule has 2 aliphatic rings. The fourth-order valence-corrected chi connectivity index (χ4v) is 3.99. The predicted octanol–water partition coefficient (Wildman–Crippen LogP) is 2.46. The summed E-state index contributed by atoms with van der Waals surface area (Å²) in [4.78, 5) is 7.22. The van der Waals surface area contributed by atoms with Crippen LogP contribution in [0.2, 0.25) is 0 Å². The Morgan fingerprint density at radius 2 is 2.14 bits per heavy atom. The van der Waals surface area contributed by atoms with E-state index in [1.54, 1.807) is 7.11 Å². The topological polar surface area (TPSA) is 63.9 Å². The number of likely N-dealkylation sites (tertiary alicyclic amines) is 1. The lowest BCUT2D eigenvalue weighted by molar-refractivity contribution is 0.156. The summed E-state index contributed by atoms with van der Waals surface area (Å²) in [5.41, 5.74) is 2.28. The first-order chi connectivity index (χ1) is 13.7. The fourth-order valence-electron chi connectivity index (χ4n) is 3.99. The minimum atomic E-state index is 0.326. The number of aromatic nitrogens is 2. The van der Waals surface area contributed by atoms with Gasteiger partial charge in [0.05, 0.1) is 31.6 Å². The van der Waals surface area contributed by atoms with Crippen molar-refractivity contribution in [3.63, 3.8) is 0 Å². The number of ether oxygens (including phenoxy) is 2. The van der Waals surface area contributed by atoms with Gasteiger partial charge in [-0.05, 0) is 50.1 Å². The first-order valence-corrected chi connectivity index (χ1v) is 10.0. The Balaban J connectivity index is 1.43. The average Bonchev–Trinajstić information content (AvgIpc) is 3.48. The standard InChI is InChI=1S/C21H29N5O2/c1-3-22-20(25-12-9-21(15-25)10-13-28-16-21)23-14-17-8-11-26(24-17)18-4-6-19(27-2)7-5-18/h4-8,11H,3,9-10,12-16H2,1-2H3,(H,22,23). The molecule has 150 valence electrons. The summed E-state index contributed by atoms with van der Waals surface area (Å²) in [6.45, 7) is 7.37. The number of hydrogen-bond donors (Lipinski definition) is 1. The van der Waals surface area contributed by atoms with Crippen molar-refractivity contribution in [2.45, 2.75) is 26.3 Å².